The van der Waals surface area contributed by atoms with Crippen LogP contribution in [0.5, 0.6) is 0 Å². The fraction of sp³-hybridized carbons (Fsp3) is 0.0667. The van der Waals surface area contributed by atoms with Gasteiger partial charge in [-0.3, -0.25) is 4.79 Å². The van der Waals surface area contributed by atoms with Crippen molar-refractivity contribution in [2.45, 2.75) is 5.92 Å². The zero-order valence-electron chi connectivity index (χ0n) is 10.4. The van der Waals surface area contributed by atoms with Crippen molar-refractivity contribution in [1.29, 1.82) is 5.26 Å². The number of benzene rings is 2. The lowest BCUT2D eigenvalue weighted by molar-refractivity contribution is 0.0977. The number of nitrogens with zero attached hydrogens (tertiary/aromatic N) is 1. The van der Waals surface area contributed by atoms with Gasteiger partial charge in [-0.15, -0.1) is 0 Å². The molecule has 0 aliphatic heterocycles. The summed E-state index contributed by atoms with van der Waals surface area (Å²) in [6.45, 7) is 0. The first kappa shape index (κ1) is 16.0. The topological polar surface area (TPSA) is 40.9 Å². The smallest absolute Gasteiger partial charge is 0.186 e. The SMILES string of the molecule is N#CC(C(=O)c1cccc(Br)c1Cl)c1cccc(Cl)c1F. The van der Waals surface area contributed by atoms with E-state index in [1.165, 1.54) is 24.3 Å². The molecule has 2 aromatic carbocycles. The van der Waals surface area contributed by atoms with Crippen LogP contribution in [0.1, 0.15) is 21.8 Å². The summed E-state index contributed by atoms with van der Waals surface area (Å²) in [6, 6.07) is 10.8. The molecule has 0 N–H and O–H groups in total. The molecule has 2 nitrogen and oxygen atoms in total. The zero-order chi connectivity index (χ0) is 15.6. The zero-order valence-corrected chi connectivity index (χ0v) is 13.5. The highest BCUT2D eigenvalue weighted by Crippen LogP contribution is 2.32. The summed E-state index contributed by atoms with van der Waals surface area (Å²) in [7, 11) is 0. The maximum absolute atomic E-state index is 14.0. The Morgan fingerprint density at radius 1 is 1.24 bits per heavy atom. The lowest BCUT2D eigenvalue weighted by atomic mass is 9.91. The standard InChI is InChI=1S/C15H7BrCl2FNO/c16-11-5-1-4-9(13(11)18)15(21)10(7-20)8-3-2-6-12(17)14(8)19/h1-6,10H. The Morgan fingerprint density at radius 3 is 2.57 bits per heavy atom. The van der Waals surface area contributed by atoms with Gasteiger partial charge < -0.3 is 0 Å². The van der Waals surface area contributed by atoms with Crippen LogP contribution in [0.3, 0.4) is 0 Å². The molecule has 0 saturated heterocycles. The van der Waals surface area contributed by atoms with E-state index in [1.807, 2.05) is 6.07 Å². The minimum atomic E-state index is -1.31. The van der Waals surface area contributed by atoms with Crippen molar-refractivity contribution in [2.24, 2.45) is 0 Å². The van der Waals surface area contributed by atoms with Crippen LogP contribution in [-0.2, 0) is 0 Å². The summed E-state index contributed by atoms with van der Waals surface area (Å²) in [5, 5.41) is 9.30. The molecule has 0 spiro atoms. The summed E-state index contributed by atoms with van der Waals surface area (Å²) in [5.74, 6) is -2.66. The van der Waals surface area contributed by atoms with Gasteiger partial charge in [0.05, 0.1) is 16.1 Å². The average Bonchev–Trinajstić information content (AvgIpc) is 2.47. The minimum Gasteiger partial charge on any atom is -0.292 e. The number of carbonyl (C=O) groups is 1. The third-order valence-corrected chi connectivity index (χ3v) is 4.49. The number of carbonyl (C=O) groups excluding carboxylic acids is 1. The van der Waals surface area contributed by atoms with Crippen molar-refractivity contribution in [3.05, 3.63) is 67.9 Å². The summed E-state index contributed by atoms with van der Waals surface area (Å²) in [5.41, 5.74) is 0.0861. The summed E-state index contributed by atoms with van der Waals surface area (Å²) in [4.78, 5) is 12.5. The van der Waals surface area contributed by atoms with E-state index in [0.29, 0.717) is 4.47 Å². The molecule has 0 aliphatic rings. The molecule has 0 aromatic heterocycles. The van der Waals surface area contributed by atoms with Crippen LogP contribution in [-0.4, -0.2) is 5.78 Å². The quantitative estimate of drug-likeness (QED) is 0.664. The van der Waals surface area contributed by atoms with E-state index in [-0.39, 0.29) is 21.2 Å². The Morgan fingerprint density at radius 2 is 1.90 bits per heavy atom. The molecular formula is C15H7BrCl2FNO. The first-order chi connectivity index (χ1) is 9.97. The molecule has 0 radical (unpaired) electrons. The van der Waals surface area contributed by atoms with E-state index in [9.17, 15) is 14.4 Å². The lowest BCUT2D eigenvalue weighted by Gasteiger charge is -2.12. The molecule has 0 aliphatic carbocycles. The van der Waals surface area contributed by atoms with Crippen LogP contribution in [0.2, 0.25) is 10.0 Å². The van der Waals surface area contributed by atoms with E-state index in [4.69, 9.17) is 23.2 Å². The number of ketones is 1. The molecule has 0 bridgehead atoms. The van der Waals surface area contributed by atoms with Crippen LogP contribution in [0.15, 0.2) is 40.9 Å². The second-order valence-corrected chi connectivity index (χ2v) is 5.81. The fourth-order valence-corrected chi connectivity index (χ4v) is 2.63. The lowest BCUT2D eigenvalue weighted by Crippen LogP contribution is -2.13. The highest BCUT2D eigenvalue weighted by Gasteiger charge is 2.27. The summed E-state index contributed by atoms with van der Waals surface area (Å²) >= 11 is 14.9. The van der Waals surface area contributed by atoms with Gasteiger partial charge >= 0.3 is 0 Å². The van der Waals surface area contributed by atoms with Gasteiger partial charge in [-0.25, -0.2) is 4.39 Å². The highest BCUT2D eigenvalue weighted by atomic mass is 79.9. The van der Waals surface area contributed by atoms with Crippen molar-refractivity contribution in [3.8, 4) is 6.07 Å². The van der Waals surface area contributed by atoms with E-state index in [1.54, 1.807) is 12.1 Å². The number of halogens is 4. The van der Waals surface area contributed by atoms with Crippen LogP contribution < -0.4 is 0 Å². The van der Waals surface area contributed by atoms with Gasteiger partial charge in [0.1, 0.15) is 11.7 Å². The van der Waals surface area contributed by atoms with Crippen molar-refractivity contribution < 1.29 is 9.18 Å². The molecule has 0 heterocycles. The third kappa shape index (κ3) is 3.11. The van der Waals surface area contributed by atoms with Crippen molar-refractivity contribution in [1.82, 2.24) is 0 Å². The minimum absolute atomic E-state index is 0.0638. The first-order valence-corrected chi connectivity index (χ1v) is 7.34. The van der Waals surface area contributed by atoms with Gasteiger partial charge in [-0.1, -0.05) is 41.4 Å². The van der Waals surface area contributed by atoms with Gasteiger partial charge in [-0.05, 0) is 34.1 Å². The molecule has 0 saturated carbocycles. The number of nitriles is 1. The predicted molar refractivity (Wildman–Crippen MR) is 83.2 cm³/mol. The van der Waals surface area contributed by atoms with E-state index < -0.39 is 17.5 Å². The summed E-state index contributed by atoms with van der Waals surface area (Å²) < 4.78 is 14.5. The van der Waals surface area contributed by atoms with E-state index in [0.717, 1.165) is 0 Å². The monoisotopic (exact) mass is 385 g/mol. The average molecular weight is 387 g/mol. The summed E-state index contributed by atoms with van der Waals surface area (Å²) in [6.07, 6.45) is 0. The van der Waals surface area contributed by atoms with Crippen LogP contribution in [0.4, 0.5) is 4.39 Å². The first-order valence-electron chi connectivity index (χ1n) is 5.79. The van der Waals surface area contributed by atoms with Crippen molar-refractivity contribution in [2.75, 3.05) is 0 Å². The Balaban J connectivity index is 2.52. The maximum atomic E-state index is 14.0. The van der Waals surface area contributed by atoms with E-state index >= 15 is 0 Å². The van der Waals surface area contributed by atoms with Gasteiger partial charge in [0.2, 0.25) is 0 Å². The second kappa shape index (κ2) is 6.57. The Kier molecular flexibility index (Phi) is 5.00. The Labute approximate surface area is 139 Å². The molecule has 2 aromatic rings. The largest absolute Gasteiger partial charge is 0.292 e. The Hall–Kier alpha value is -1.41. The number of hydrogen-bond donors (Lipinski definition) is 0. The van der Waals surface area contributed by atoms with Crippen molar-refractivity contribution in [3.63, 3.8) is 0 Å². The number of hydrogen-bond acceptors (Lipinski definition) is 2. The molecular weight excluding hydrogens is 380 g/mol. The van der Waals surface area contributed by atoms with Crippen LogP contribution >= 0.6 is 39.1 Å². The maximum Gasteiger partial charge on any atom is 0.186 e. The molecule has 106 valence electrons. The number of rotatable bonds is 3. The van der Waals surface area contributed by atoms with Crippen molar-refractivity contribution >= 4 is 44.9 Å². The second-order valence-electron chi connectivity index (χ2n) is 4.17. The van der Waals surface area contributed by atoms with Gasteiger partial charge in [-0.2, -0.15) is 5.26 Å². The van der Waals surface area contributed by atoms with Crippen LogP contribution in [0.25, 0.3) is 0 Å². The van der Waals surface area contributed by atoms with Gasteiger partial charge in [0.25, 0.3) is 0 Å². The molecule has 21 heavy (non-hydrogen) atoms. The van der Waals surface area contributed by atoms with Gasteiger partial charge in [0, 0.05) is 15.6 Å². The third-order valence-electron chi connectivity index (χ3n) is 2.90. The van der Waals surface area contributed by atoms with Gasteiger partial charge in [0.15, 0.2) is 5.78 Å². The molecule has 2 rings (SSSR count). The predicted octanol–water partition coefficient (Wildman–Crippen LogP) is 5.39. The normalized spacial score (nSPS) is 11.8. The molecule has 6 heteroatoms. The highest BCUT2D eigenvalue weighted by molar-refractivity contribution is 9.10. The molecule has 0 fully saturated rings. The number of Topliss-reactive ketones (excluding diaryl/α,β-unsaturated/α-hetero) is 1. The van der Waals surface area contributed by atoms with Crippen LogP contribution in [0, 0.1) is 17.1 Å². The molecule has 0 amide bonds. The van der Waals surface area contributed by atoms with E-state index in [2.05, 4.69) is 15.9 Å². The molecule has 1 atom stereocenters. The Bertz CT molecular complexity index is 758. The molecule has 1 unspecified atom stereocenters. The fourth-order valence-electron chi connectivity index (χ4n) is 1.86.